The van der Waals surface area contributed by atoms with Crippen LogP contribution in [0.25, 0.3) is 0 Å². The van der Waals surface area contributed by atoms with Crippen LogP contribution in [0.1, 0.15) is 79.1 Å². The fourth-order valence-electron chi connectivity index (χ4n) is 4.37. The van der Waals surface area contributed by atoms with E-state index in [1.54, 1.807) is 0 Å². The van der Waals surface area contributed by atoms with Crippen molar-refractivity contribution < 1.29 is 0 Å². The molecule has 0 saturated heterocycles. The Labute approximate surface area is 114 Å². The van der Waals surface area contributed by atoms with Crippen molar-refractivity contribution in [1.82, 2.24) is 4.90 Å². The van der Waals surface area contributed by atoms with E-state index in [2.05, 4.69) is 39.6 Å². The van der Waals surface area contributed by atoms with E-state index in [0.29, 0.717) is 11.1 Å². The zero-order valence-corrected chi connectivity index (χ0v) is 13.0. The lowest BCUT2D eigenvalue weighted by Crippen LogP contribution is -2.61. The second-order valence-corrected chi connectivity index (χ2v) is 7.44. The molecule has 2 rings (SSSR count). The summed E-state index contributed by atoms with van der Waals surface area (Å²) < 4.78 is 0. The van der Waals surface area contributed by atoms with Crippen molar-refractivity contribution in [2.45, 2.75) is 90.1 Å². The van der Waals surface area contributed by atoms with Crippen molar-refractivity contribution in [2.75, 3.05) is 0 Å². The molecule has 0 amide bonds. The van der Waals surface area contributed by atoms with Gasteiger partial charge in [0.2, 0.25) is 0 Å². The number of hydrogen-bond acceptors (Lipinski definition) is 1. The van der Waals surface area contributed by atoms with Crippen LogP contribution in [0, 0.1) is 18.9 Å². The van der Waals surface area contributed by atoms with E-state index >= 15 is 0 Å². The Kier molecular flexibility index (Phi) is 4.11. The van der Waals surface area contributed by atoms with Gasteiger partial charge in [-0.1, -0.05) is 39.5 Å². The molecule has 0 bridgehead atoms. The molecule has 105 valence electrons. The van der Waals surface area contributed by atoms with Crippen molar-refractivity contribution in [3.05, 3.63) is 7.05 Å². The normalized spacial score (nSPS) is 46.3. The third kappa shape index (κ3) is 2.24. The molecule has 2 fully saturated rings. The maximum atomic E-state index is 4.56. The Morgan fingerprint density at radius 1 is 0.833 bits per heavy atom. The average molecular weight is 250 g/mol. The minimum Gasteiger partial charge on any atom is -0.291 e. The molecule has 0 heterocycles. The first-order valence-corrected chi connectivity index (χ1v) is 8.02. The predicted molar refractivity (Wildman–Crippen MR) is 79.3 cm³/mol. The van der Waals surface area contributed by atoms with Gasteiger partial charge in [-0.25, -0.2) is 0 Å². The standard InChI is InChI=1S/C17H32N/c1-14-10-6-8-12-16(14,3)18(5)17(4)13-9-7-11-15(17)2/h14-15H,5-13H2,1-4H3. The van der Waals surface area contributed by atoms with Gasteiger partial charge in [-0.15, -0.1) is 0 Å². The van der Waals surface area contributed by atoms with Crippen molar-refractivity contribution in [1.29, 1.82) is 0 Å². The van der Waals surface area contributed by atoms with Gasteiger partial charge in [0.1, 0.15) is 0 Å². The molecule has 2 saturated carbocycles. The molecule has 1 heteroatoms. The lowest BCUT2D eigenvalue weighted by atomic mass is 9.67. The Bertz CT molecular complexity index is 259. The minimum atomic E-state index is 0.318. The summed E-state index contributed by atoms with van der Waals surface area (Å²) in [6.07, 6.45) is 11.0. The molecular formula is C17H32N. The van der Waals surface area contributed by atoms with E-state index in [9.17, 15) is 0 Å². The summed E-state index contributed by atoms with van der Waals surface area (Å²) in [6, 6.07) is 0. The lowest BCUT2D eigenvalue weighted by molar-refractivity contribution is -0.0579. The van der Waals surface area contributed by atoms with Crippen LogP contribution < -0.4 is 0 Å². The van der Waals surface area contributed by atoms with Gasteiger partial charge in [-0.05, 0) is 51.4 Å². The molecule has 18 heavy (non-hydrogen) atoms. The van der Waals surface area contributed by atoms with E-state index in [1.165, 1.54) is 51.4 Å². The topological polar surface area (TPSA) is 3.24 Å². The summed E-state index contributed by atoms with van der Waals surface area (Å²) in [7, 11) is 4.56. The molecule has 0 aromatic carbocycles. The summed E-state index contributed by atoms with van der Waals surface area (Å²) in [5.74, 6) is 1.57. The van der Waals surface area contributed by atoms with Crippen LogP contribution in [0.4, 0.5) is 0 Å². The van der Waals surface area contributed by atoms with Gasteiger partial charge in [0.15, 0.2) is 0 Å². The van der Waals surface area contributed by atoms with E-state index in [1.807, 2.05) is 0 Å². The summed E-state index contributed by atoms with van der Waals surface area (Å²) >= 11 is 0. The third-order valence-electron chi connectivity index (χ3n) is 6.50. The first-order chi connectivity index (χ1) is 8.41. The monoisotopic (exact) mass is 250 g/mol. The van der Waals surface area contributed by atoms with Crippen LogP contribution in [0.15, 0.2) is 0 Å². The number of rotatable bonds is 2. The second kappa shape index (κ2) is 5.15. The maximum Gasteiger partial charge on any atom is 0.0213 e. The highest BCUT2D eigenvalue weighted by Gasteiger charge is 2.47. The molecule has 2 aliphatic carbocycles. The minimum absolute atomic E-state index is 0.318. The number of nitrogens with zero attached hydrogens (tertiary/aromatic N) is 1. The van der Waals surface area contributed by atoms with Crippen LogP contribution >= 0.6 is 0 Å². The molecule has 0 aliphatic heterocycles. The Morgan fingerprint density at radius 3 is 1.56 bits per heavy atom. The van der Waals surface area contributed by atoms with Crippen molar-refractivity contribution >= 4 is 0 Å². The average Bonchev–Trinajstić information content (AvgIpc) is 2.36. The van der Waals surface area contributed by atoms with Crippen molar-refractivity contribution in [3.63, 3.8) is 0 Å². The van der Waals surface area contributed by atoms with E-state index < -0.39 is 0 Å². The fraction of sp³-hybridized carbons (Fsp3) is 0.941. The highest BCUT2D eigenvalue weighted by Crippen LogP contribution is 2.46. The lowest BCUT2D eigenvalue weighted by Gasteiger charge is -2.57. The second-order valence-electron chi connectivity index (χ2n) is 7.44. The molecule has 0 N–H and O–H groups in total. The predicted octanol–water partition coefficient (Wildman–Crippen LogP) is 5.02. The first kappa shape index (κ1) is 14.4. The molecule has 4 atom stereocenters. The summed E-state index contributed by atoms with van der Waals surface area (Å²) in [5, 5.41) is 0. The zero-order valence-electron chi connectivity index (χ0n) is 13.0. The Hall–Kier alpha value is -0.0400. The molecule has 0 aromatic rings. The Morgan fingerprint density at radius 2 is 1.22 bits per heavy atom. The molecule has 4 unspecified atom stereocenters. The first-order valence-electron chi connectivity index (χ1n) is 8.02. The van der Waals surface area contributed by atoms with Crippen LogP contribution in [-0.2, 0) is 0 Å². The molecule has 1 nitrogen and oxygen atoms in total. The van der Waals surface area contributed by atoms with Gasteiger partial charge < -0.3 is 0 Å². The van der Waals surface area contributed by atoms with Gasteiger partial charge in [-0.3, -0.25) is 4.90 Å². The largest absolute Gasteiger partial charge is 0.291 e. The van der Waals surface area contributed by atoms with Crippen LogP contribution in [0.2, 0.25) is 0 Å². The highest BCUT2D eigenvalue weighted by molar-refractivity contribution is 5.03. The third-order valence-corrected chi connectivity index (χ3v) is 6.50. The van der Waals surface area contributed by atoms with Crippen LogP contribution in [-0.4, -0.2) is 16.0 Å². The molecular weight excluding hydrogens is 218 g/mol. The maximum absolute atomic E-state index is 4.56. The van der Waals surface area contributed by atoms with Gasteiger partial charge in [0.25, 0.3) is 0 Å². The SMILES string of the molecule is [CH2]N(C1(C)CCCCC1C)C1(C)CCCCC1C. The Balaban J connectivity index is 2.20. The van der Waals surface area contributed by atoms with Gasteiger partial charge in [0, 0.05) is 18.1 Å². The molecule has 1 radical (unpaired) electrons. The van der Waals surface area contributed by atoms with E-state index in [0.717, 1.165) is 11.8 Å². The number of hydrogen-bond donors (Lipinski definition) is 0. The van der Waals surface area contributed by atoms with Gasteiger partial charge in [-0.2, -0.15) is 0 Å². The van der Waals surface area contributed by atoms with Crippen LogP contribution in [0.5, 0.6) is 0 Å². The fourth-order valence-corrected chi connectivity index (χ4v) is 4.37. The highest BCUT2D eigenvalue weighted by atomic mass is 15.2. The summed E-state index contributed by atoms with van der Waals surface area (Å²) in [5.41, 5.74) is 0.636. The van der Waals surface area contributed by atoms with Gasteiger partial charge in [0.05, 0.1) is 0 Å². The van der Waals surface area contributed by atoms with Crippen molar-refractivity contribution in [2.24, 2.45) is 11.8 Å². The zero-order chi connectivity index (χ0) is 13.4. The molecule has 0 aromatic heterocycles. The van der Waals surface area contributed by atoms with E-state index in [-0.39, 0.29) is 0 Å². The van der Waals surface area contributed by atoms with Crippen LogP contribution in [0.3, 0.4) is 0 Å². The molecule has 0 spiro atoms. The quantitative estimate of drug-likeness (QED) is 0.665. The summed E-state index contributed by atoms with van der Waals surface area (Å²) in [6.45, 7) is 9.81. The van der Waals surface area contributed by atoms with E-state index in [4.69, 9.17) is 0 Å². The summed E-state index contributed by atoms with van der Waals surface area (Å²) in [4.78, 5) is 2.55. The molecule has 2 aliphatic rings. The smallest absolute Gasteiger partial charge is 0.0213 e. The van der Waals surface area contributed by atoms with Gasteiger partial charge >= 0.3 is 0 Å². The van der Waals surface area contributed by atoms with Crippen molar-refractivity contribution in [3.8, 4) is 0 Å².